The lowest BCUT2D eigenvalue weighted by Gasteiger charge is -2.37. The van der Waals surface area contributed by atoms with E-state index in [1.807, 2.05) is 7.11 Å². The number of hydrogen-bond acceptors (Lipinski definition) is 3. The van der Waals surface area contributed by atoms with E-state index in [9.17, 15) is 0 Å². The maximum atomic E-state index is 5.67. The van der Waals surface area contributed by atoms with Gasteiger partial charge in [0, 0.05) is 20.2 Å². The van der Waals surface area contributed by atoms with Gasteiger partial charge in [0.15, 0.2) is 8.32 Å². The lowest BCUT2D eigenvalue weighted by atomic mass is 10.1. The van der Waals surface area contributed by atoms with Gasteiger partial charge in [-0.25, -0.2) is 0 Å². The maximum Gasteiger partial charge on any atom is 0.186 e. The van der Waals surface area contributed by atoms with Gasteiger partial charge < -0.3 is 13.9 Å². The SMILES string of the molecule is CO[Si](C)(C)CCCCN(CCN1CCCCC1)[Si](C)(C)C. The average molecular weight is 345 g/mol. The van der Waals surface area contributed by atoms with Crippen LogP contribution >= 0.6 is 0 Å². The third kappa shape index (κ3) is 8.25. The zero-order chi connectivity index (χ0) is 16.6. The molecule has 132 valence electrons. The molecule has 0 saturated carbocycles. The van der Waals surface area contributed by atoms with Crippen LogP contribution in [0, 0.1) is 0 Å². The highest BCUT2D eigenvalue weighted by molar-refractivity contribution is 6.73. The minimum Gasteiger partial charge on any atom is -0.420 e. The van der Waals surface area contributed by atoms with Crippen LogP contribution in [0.15, 0.2) is 0 Å². The van der Waals surface area contributed by atoms with Gasteiger partial charge in [0.2, 0.25) is 0 Å². The predicted molar refractivity (Wildman–Crippen MR) is 104 cm³/mol. The topological polar surface area (TPSA) is 15.7 Å². The van der Waals surface area contributed by atoms with Gasteiger partial charge in [-0.15, -0.1) is 0 Å². The number of rotatable bonds is 10. The summed E-state index contributed by atoms with van der Waals surface area (Å²) < 4.78 is 8.49. The molecule has 1 aliphatic heterocycles. The molecule has 0 aromatic rings. The molecule has 0 bridgehead atoms. The van der Waals surface area contributed by atoms with Crippen molar-refractivity contribution in [1.29, 1.82) is 0 Å². The average Bonchev–Trinajstić information content (AvgIpc) is 2.46. The van der Waals surface area contributed by atoms with E-state index in [1.165, 1.54) is 70.9 Å². The Bertz CT molecular complexity index is 300. The number of hydrogen-bond donors (Lipinski definition) is 0. The standard InChI is InChI=1S/C17H40N2OSi2/c1-20-22(5,6)17-11-10-14-19(21(2,3)4)16-15-18-12-8-7-9-13-18/h7-17H2,1-6H3. The van der Waals surface area contributed by atoms with Gasteiger partial charge in [-0.1, -0.05) is 32.5 Å². The molecule has 1 fully saturated rings. The van der Waals surface area contributed by atoms with E-state index < -0.39 is 16.6 Å². The van der Waals surface area contributed by atoms with Crippen LogP contribution in [0.1, 0.15) is 32.1 Å². The van der Waals surface area contributed by atoms with Gasteiger partial charge in [-0.3, -0.25) is 0 Å². The first-order valence-electron chi connectivity index (χ1n) is 9.27. The molecule has 0 amide bonds. The first-order valence-corrected chi connectivity index (χ1v) is 15.8. The van der Waals surface area contributed by atoms with Crippen molar-refractivity contribution in [3.8, 4) is 0 Å². The third-order valence-corrected chi connectivity index (χ3v) is 10.1. The summed E-state index contributed by atoms with van der Waals surface area (Å²) in [6, 6.07) is 1.30. The molecule has 5 heteroatoms. The highest BCUT2D eigenvalue weighted by Crippen LogP contribution is 2.17. The van der Waals surface area contributed by atoms with E-state index in [1.54, 1.807) is 0 Å². The zero-order valence-corrected chi connectivity index (χ0v) is 18.1. The first kappa shape index (κ1) is 20.4. The number of likely N-dealkylation sites (tertiary alicyclic amines) is 1. The fourth-order valence-electron chi connectivity index (χ4n) is 3.18. The molecule has 22 heavy (non-hydrogen) atoms. The summed E-state index contributed by atoms with van der Waals surface area (Å²) in [4.78, 5) is 2.68. The number of nitrogens with zero attached hydrogens (tertiary/aromatic N) is 2. The predicted octanol–water partition coefficient (Wildman–Crippen LogP) is 4.24. The normalized spacial score (nSPS) is 18.1. The summed E-state index contributed by atoms with van der Waals surface area (Å²) in [5.41, 5.74) is 0. The van der Waals surface area contributed by atoms with E-state index in [0.29, 0.717) is 0 Å². The summed E-state index contributed by atoms with van der Waals surface area (Å²) in [6.45, 7) is 18.7. The zero-order valence-electron chi connectivity index (χ0n) is 16.1. The summed E-state index contributed by atoms with van der Waals surface area (Å²) in [7, 11) is -0.656. The van der Waals surface area contributed by atoms with Crippen LogP contribution in [0.4, 0.5) is 0 Å². The minimum atomic E-state index is -1.36. The molecule has 0 aromatic carbocycles. The summed E-state index contributed by atoms with van der Waals surface area (Å²) in [5.74, 6) is 0. The van der Waals surface area contributed by atoms with Crippen LogP contribution in [0.2, 0.25) is 38.8 Å². The van der Waals surface area contributed by atoms with Crippen molar-refractivity contribution in [2.24, 2.45) is 0 Å². The second-order valence-electron chi connectivity index (χ2n) is 8.48. The Morgan fingerprint density at radius 2 is 1.55 bits per heavy atom. The van der Waals surface area contributed by atoms with E-state index in [2.05, 4.69) is 42.2 Å². The van der Waals surface area contributed by atoms with Crippen molar-refractivity contribution in [3.05, 3.63) is 0 Å². The van der Waals surface area contributed by atoms with Crippen LogP contribution in [-0.2, 0) is 4.43 Å². The van der Waals surface area contributed by atoms with Crippen molar-refractivity contribution in [2.45, 2.75) is 70.9 Å². The Balaban J connectivity index is 2.31. The Morgan fingerprint density at radius 3 is 2.09 bits per heavy atom. The van der Waals surface area contributed by atoms with Crippen molar-refractivity contribution in [3.63, 3.8) is 0 Å². The van der Waals surface area contributed by atoms with Gasteiger partial charge in [0.25, 0.3) is 0 Å². The Labute approximate surface area is 141 Å². The van der Waals surface area contributed by atoms with E-state index in [0.717, 1.165) is 0 Å². The molecular weight excluding hydrogens is 304 g/mol. The van der Waals surface area contributed by atoms with Crippen LogP contribution in [-0.4, -0.2) is 65.9 Å². The molecule has 1 aliphatic rings. The van der Waals surface area contributed by atoms with Crippen LogP contribution in [0.25, 0.3) is 0 Å². The second kappa shape index (κ2) is 9.57. The van der Waals surface area contributed by atoms with E-state index in [-0.39, 0.29) is 0 Å². The Hall–Kier alpha value is 0.314. The van der Waals surface area contributed by atoms with Crippen LogP contribution < -0.4 is 0 Å². The van der Waals surface area contributed by atoms with Gasteiger partial charge >= 0.3 is 0 Å². The molecule has 0 N–H and O–H groups in total. The van der Waals surface area contributed by atoms with E-state index in [4.69, 9.17) is 4.43 Å². The van der Waals surface area contributed by atoms with Crippen molar-refractivity contribution >= 4 is 16.6 Å². The molecule has 1 rings (SSSR count). The number of unbranched alkanes of at least 4 members (excludes halogenated alkanes) is 1. The van der Waals surface area contributed by atoms with Gasteiger partial charge in [-0.05, 0) is 58.0 Å². The van der Waals surface area contributed by atoms with E-state index >= 15 is 0 Å². The molecule has 0 radical (unpaired) electrons. The third-order valence-electron chi connectivity index (χ3n) is 5.09. The van der Waals surface area contributed by atoms with Crippen molar-refractivity contribution in [2.75, 3.05) is 39.8 Å². The molecular formula is C17H40N2OSi2. The Kier molecular flexibility index (Phi) is 8.86. The van der Waals surface area contributed by atoms with Crippen molar-refractivity contribution < 1.29 is 4.43 Å². The summed E-state index contributed by atoms with van der Waals surface area (Å²) in [5, 5.41) is 0. The smallest absolute Gasteiger partial charge is 0.186 e. The fourth-order valence-corrected chi connectivity index (χ4v) is 6.09. The number of piperidine rings is 1. The lowest BCUT2D eigenvalue weighted by molar-refractivity contribution is 0.210. The largest absolute Gasteiger partial charge is 0.420 e. The molecule has 0 spiro atoms. The molecule has 0 aromatic heterocycles. The monoisotopic (exact) mass is 344 g/mol. The highest BCUT2D eigenvalue weighted by atomic mass is 28.4. The molecule has 0 unspecified atom stereocenters. The molecule has 0 aliphatic carbocycles. The maximum absolute atomic E-state index is 5.67. The van der Waals surface area contributed by atoms with Crippen LogP contribution in [0.3, 0.4) is 0 Å². The highest BCUT2D eigenvalue weighted by Gasteiger charge is 2.25. The fraction of sp³-hybridized carbons (Fsp3) is 1.00. The molecule has 1 heterocycles. The quantitative estimate of drug-likeness (QED) is 0.435. The van der Waals surface area contributed by atoms with Gasteiger partial charge in [0.05, 0.1) is 0 Å². The first-order chi connectivity index (χ1) is 10.2. The minimum absolute atomic E-state index is 1.19. The summed E-state index contributed by atoms with van der Waals surface area (Å²) in [6.07, 6.45) is 6.92. The second-order valence-corrected chi connectivity index (χ2v) is 17.9. The lowest BCUT2D eigenvalue weighted by Crippen LogP contribution is -2.50. The van der Waals surface area contributed by atoms with Crippen molar-refractivity contribution in [1.82, 2.24) is 9.47 Å². The molecule has 3 nitrogen and oxygen atoms in total. The Morgan fingerprint density at radius 1 is 0.909 bits per heavy atom. The molecule has 0 atom stereocenters. The molecule has 1 saturated heterocycles. The van der Waals surface area contributed by atoms with Crippen LogP contribution in [0.5, 0.6) is 0 Å². The van der Waals surface area contributed by atoms with Gasteiger partial charge in [-0.2, -0.15) is 0 Å². The summed E-state index contributed by atoms with van der Waals surface area (Å²) >= 11 is 0. The van der Waals surface area contributed by atoms with Gasteiger partial charge in [0.1, 0.15) is 8.24 Å².